The fraction of sp³-hybridized carbons (Fsp3) is 1.00. The van der Waals surface area contributed by atoms with Crippen LogP contribution in [0.25, 0.3) is 0 Å². The maximum atomic E-state index is 6.22. The lowest BCUT2D eigenvalue weighted by molar-refractivity contribution is 0.383. The first kappa shape index (κ1) is 11.0. The van der Waals surface area contributed by atoms with Gasteiger partial charge in [0.05, 0.1) is 0 Å². The zero-order chi connectivity index (χ0) is 9.73. The molecule has 0 bridgehead atoms. The summed E-state index contributed by atoms with van der Waals surface area (Å²) in [6, 6.07) is 0. The maximum absolute atomic E-state index is 6.22. The second kappa shape index (κ2) is 4.97. The van der Waals surface area contributed by atoms with Crippen LogP contribution in [0.2, 0.25) is 0 Å². The number of hydrogen-bond acceptors (Lipinski definition) is 2. The van der Waals surface area contributed by atoms with Gasteiger partial charge in [-0.15, -0.1) is 0 Å². The molecule has 78 valence electrons. The summed E-state index contributed by atoms with van der Waals surface area (Å²) in [7, 11) is 0. The quantitative estimate of drug-likeness (QED) is 0.685. The van der Waals surface area contributed by atoms with Gasteiger partial charge in [-0.3, -0.25) is 0 Å². The van der Waals surface area contributed by atoms with Crippen LogP contribution in [-0.2, 0) is 0 Å². The Hall–Kier alpha value is -0.0800. The minimum atomic E-state index is 0.119. The van der Waals surface area contributed by atoms with E-state index in [1.165, 1.54) is 32.1 Å². The third kappa shape index (κ3) is 3.65. The molecule has 1 unspecified atom stereocenters. The molecule has 0 spiro atoms. The van der Waals surface area contributed by atoms with Gasteiger partial charge in [0.1, 0.15) is 0 Å². The highest BCUT2D eigenvalue weighted by atomic mass is 14.9. The van der Waals surface area contributed by atoms with Gasteiger partial charge in [-0.2, -0.15) is 0 Å². The van der Waals surface area contributed by atoms with Crippen LogP contribution >= 0.6 is 0 Å². The van der Waals surface area contributed by atoms with Crippen molar-refractivity contribution in [3.05, 3.63) is 0 Å². The molecule has 2 heteroatoms. The number of nitrogens with one attached hydrogen (secondary N) is 1. The number of hydrogen-bond donors (Lipinski definition) is 2. The summed E-state index contributed by atoms with van der Waals surface area (Å²) < 4.78 is 0. The molecule has 1 aliphatic rings. The van der Waals surface area contributed by atoms with E-state index in [-0.39, 0.29) is 5.54 Å². The minimum absolute atomic E-state index is 0.119. The van der Waals surface area contributed by atoms with Crippen molar-refractivity contribution in [1.29, 1.82) is 0 Å². The van der Waals surface area contributed by atoms with Gasteiger partial charge in [0, 0.05) is 12.1 Å². The Balaban J connectivity index is 2.11. The molecular weight excluding hydrogens is 160 g/mol. The molecule has 1 atom stereocenters. The average Bonchev–Trinajstić information content (AvgIpc) is 2.52. The summed E-state index contributed by atoms with van der Waals surface area (Å²) in [5.41, 5.74) is 6.34. The van der Waals surface area contributed by atoms with Crippen molar-refractivity contribution in [2.45, 2.75) is 51.5 Å². The third-order valence-electron chi connectivity index (χ3n) is 3.27. The van der Waals surface area contributed by atoms with Crippen LogP contribution in [-0.4, -0.2) is 18.6 Å². The Labute approximate surface area is 82.3 Å². The monoisotopic (exact) mass is 184 g/mol. The van der Waals surface area contributed by atoms with E-state index < -0.39 is 0 Å². The third-order valence-corrected chi connectivity index (χ3v) is 3.27. The summed E-state index contributed by atoms with van der Waals surface area (Å²) in [6.45, 7) is 6.65. The second-order valence-electron chi connectivity index (χ2n) is 4.71. The molecule has 1 saturated carbocycles. The molecule has 2 nitrogen and oxygen atoms in total. The smallest absolute Gasteiger partial charge is 0.0280 e. The molecule has 0 aromatic rings. The Kier molecular flexibility index (Phi) is 4.20. The summed E-state index contributed by atoms with van der Waals surface area (Å²) in [6.07, 6.45) is 6.31. The van der Waals surface area contributed by atoms with Gasteiger partial charge in [0.2, 0.25) is 0 Å². The molecule has 3 N–H and O–H groups in total. The Morgan fingerprint density at radius 1 is 1.38 bits per heavy atom. The van der Waals surface area contributed by atoms with E-state index in [0.29, 0.717) is 0 Å². The first-order valence-electron chi connectivity index (χ1n) is 5.66. The zero-order valence-electron chi connectivity index (χ0n) is 9.10. The van der Waals surface area contributed by atoms with Crippen molar-refractivity contribution in [3.8, 4) is 0 Å². The van der Waals surface area contributed by atoms with Crippen LogP contribution in [0.4, 0.5) is 0 Å². The van der Waals surface area contributed by atoms with Crippen LogP contribution in [0.1, 0.15) is 46.0 Å². The summed E-state index contributed by atoms with van der Waals surface area (Å²) in [4.78, 5) is 0. The van der Waals surface area contributed by atoms with Crippen LogP contribution < -0.4 is 11.1 Å². The van der Waals surface area contributed by atoms with Crippen molar-refractivity contribution < 1.29 is 0 Å². The molecule has 1 fully saturated rings. The molecule has 0 aromatic heterocycles. The molecule has 1 rings (SSSR count). The number of nitrogens with two attached hydrogens (primary N) is 1. The van der Waals surface area contributed by atoms with Gasteiger partial charge in [0.25, 0.3) is 0 Å². The summed E-state index contributed by atoms with van der Waals surface area (Å²) in [5.74, 6) is 0.782. The lowest BCUT2D eigenvalue weighted by Crippen LogP contribution is -2.47. The van der Waals surface area contributed by atoms with Crippen LogP contribution in [0, 0.1) is 5.92 Å². The van der Waals surface area contributed by atoms with Gasteiger partial charge in [-0.1, -0.05) is 33.1 Å². The molecule has 0 saturated heterocycles. The van der Waals surface area contributed by atoms with E-state index in [1.807, 2.05) is 0 Å². The highest BCUT2D eigenvalue weighted by molar-refractivity contribution is 4.91. The molecule has 0 amide bonds. The van der Waals surface area contributed by atoms with Crippen molar-refractivity contribution in [2.24, 2.45) is 11.7 Å². The molecule has 0 aliphatic heterocycles. The fourth-order valence-corrected chi connectivity index (χ4v) is 1.97. The van der Waals surface area contributed by atoms with Crippen molar-refractivity contribution >= 4 is 0 Å². The van der Waals surface area contributed by atoms with Gasteiger partial charge in [-0.25, -0.2) is 0 Å². The standard InChI is InChI=1S/C11H24N2/c1-3-10(2)8-13-9-11(12)6-4-5-7-11/h10,13H,3-9,12H2,1-2H3. The van der Waals surface area contributed by atoms with Crippen LogP contribution in [0.15, 0.2) is 0 Å². The minimum Gasteiger partial charge on any atom is -0.324 e. The summed E-state index contributed by atoms with van der Waals surface area (Å²) in [5, 5.41) is 3.49. The molecule has 0 aromatic carbocycles. The SMILES string of the molecule is CCC(C)CNCC1(N)CCCC1. The van der Waals surface area contributed by atoms with Gasteiger partial charge < -0.3 is 11.1 Å². The van der Waals surface area contributed by atoms with Gasteiger partial charge in [-0.05, 0) is 25.3 Å². The molecular formula is C11H24N2. The van der Waals surface area contributed by atoms with E-state index in [4.69, 9.17) is 5.73 Å². The van der Waals surface area contributed by atoms with E-state index in [9.17, 15) is 0 Å². The van der Waals surface area contributed by atoms with Crippen LogP contribution in [0.3, 0.4) is 0 Å². The normalized spacial score (nSPS) is 23.3. The van der Waals surface area contributed by atoms with Gasteiger partial charge in [0.15, 0.2) is 0 Å². The highest BCUT2D eigenvalue weighted by Crippen LogP contribution is 2.26. The molecule has 0 heterocycles. The predicted molar refractivity (Wildman–Crippen MR) is 57.7 cm³/mol. The Morgan fingerprint density at radius 3 is 2.54 bits per heavy atom. The van der Waals surface area contributed by atoms with Crippen molar-refractivity contribution in [2.75, 3.05) is 13.1 Å². The topological polar surface area (TPSA) is 38.0 Å². The molecule has 1 aliphatic carbocycles. The predicted octanol–water partition coefficient (Wildman–Crippen LogP) is 1.89. The molecule has 0 radical (unpaired) electrons. The first-order valence-corrected chi connectivity index (χ1v) is 5.66. The van der Waals surface area contributed by atoms with Crippen LogP contribution in [0.5, 0.6) is 0 Å². The second-order valence-corrected chi connectivity index (χ2v) is 4.71. The highest BCUT2D eigenvalue weighted by Gasteiger charge is 2.28. The zero-order valence-corrected chi connectivity index (χ0v) is 9.10. The van der Waals surface area contributed by atoms with E-state index in [1.54, 1.807) is 0 Å². The first-order chi connectivity index (χ1) is 6.16. The number of rotatable bonds is 5. The fourth-order valence-electron chi connectivity index (χ4n) is 1.97. The average molecular weight is 184 g/mol. The Bertz CT molecular complexity index is 139. The van der Waals surface area contributed by atoms with Crippen molar-refractivity contribution in [1.82, 2.24) is 5.32 Å². The van der Waals surface area contributed by atoms with E-state index in [2.05, 4.69) is 19.2 Å². The maximum Gasteiger partial charge on any atom is 0.0280 e. The molecule has 13 heavy (non-hydrogen) atoms. The van der Waals surface area contributed by atoms with E-state index in [0.717, 1.165) is 19.0 Å². The Morgan fingerprint density at radius 2 is 2.00 bits per heavy atom. The lowest BCUT2D eigenvalue weighted by atomic mass is 9.99. The lowest BCUT2D eigenvalue weighted by Gasteiger charge is -2.24. The van der Waals surface area contributed by atoms with Gasteiger partial charge >= 0.3 is 0 Å². The largest absolute Gasteiger partial charge is 0.324 e. The summed E-state index contributed by atoms with van der Waals surface area (Å²) >= 11 is 0. The van der Waals surface area contributed by atoms with E-state index >= 15 is 0 Å². The van der Waals surface area contributed by atoms with Crippen molar-refractivity contribution in [3.63, 3.8) is 0 Å².